The zero-order valence-electron chi connectivity index (χ0n) is 11.4. The van der Waals surface area contributed by atoms with Gasteiger partial charge in [-0.2, -0.15) is 0 Å². The van der Waals surface area contributed by atoms with Crippen molar-refractivity contribution in [3.63, 3.8) is 0 Å². The molecule has 0 aliphatic carbocycles. The third-order valence-electron chi connectivity index (χ3n) is 2.62. The minimum absolute atomic E-state index is 0. The van der Waals surface area contributed by atoms with Gasteiger partial charge in [0, 0.05) is 22.4 Å². The summed E-state index contributed by atoms with van der Waals surface area (Å²) in [5.41, 5.74) is 4.44. The van der Waals surface area contributed by atoms with Crippen LogP contribution in [0.3, 0.4) is 0 Å². The summed E-state index contributed by atoms with van der Waals surface area (Å²) >= 11 is 0. The van der Waals surface area contributed by atoms with E-state index in [0.717, 1.165) is 0 Å². The first kappa shape index (κ1) is 18.3. The first-order valence-electron chi connectivity index (χ1n) is 5.97. The summed E-state index contributed by atoms with van der Waals surface area (Å²) in [5, 5.41) is 0. The molecule has 0 saturated heterocycles. The van der Waals surface area contributed by atoms with Gasteiger partial charge in [0.05, 0.1) is 0 Å². The van der Waals surface area contributed by atoms with Crippen LogP contribution in [0.15, 0.2) is 34.9 Å². The van der Waals surface area contributed by atoms with Gasteiger partial charge in [0.25, 0.3) is 0 Å². The monoisotopic (exact) mass is 313 g/mol. The van der Waals surface area contributed by atoms with Crippen LogP contribution in [0, 0.1) is 0 Å². The van der Waals surface area contributed by atoms with Gasteiger partial charge in [-0.3, -0.25) is 0 Å². The Bertz CT molecular complexity index is 253. The second-order valence-corrected chi connectivity index (χ2v) is 4.54. The Morgan fingerprint density at radius 1 is 0.812 bits per heavy atom. The summed E-state index contributed by atoms with van der Waals surface area (Å²) in [7, 11) is 0. The molecule has 0 heterocycles. The topological polar surface area (TPSA) is 0 Å². The maximum Gasteiger partial charge on any atom is 0 e. The van der Waals surface area contributed by atoms with Crippen molar-refractivity contribution in [3.05, 3.63) is 34.9 Å². The largest absolute Gasteiger partial charge is 0.0887 e. The molecule has 0 aliphatic heterocycles. The second-order valence-electron chi connectivity index (χ2n) is 4.54. The van der Waals surface area contributed by atoms with Crippen molar-refractivity contribution in [1.29, 1.82) is 0 Å². The van der Waals surface area contributed by atoms with Gasteiger partial charge >= 0.3 is 0 Å². The first-order chi connectivity index (χ1) is 7.06. The van der Waals surface area contributed by atoms with Gasteiger partial charge in [-0.15, -0.1) is 0 Å². The van der Waals surface area contributed by atoms with Crippen LogP contribution in [0.2, 0.25) is 0 Å². The van der Waals surface area contributed by atoms with Crippen LogP contribution in [0.4, 0.5) is 0 Å². The average Bonchev–Trinajstić information content (AvgIpc) is 2.17. The van der Waals surface area contributed by atoms with E-state index in [-0.39, 0.29) is 22.4 Å². The Hall–Kier alpha value is -0.0397. The van der Waals surface area contributed by atoms with Crippen molar-refractivity contribution in [2.45, 2.75) is 60.3 Å². The molecule has 0 aromatic rings. The van der Waals surface area contributed by atoms with E-state index in [1.807, 2.05) is 0 Å². The molecule has 16 heavy (non-hydrogen) atoms. The van der Waals surface area contributed by atoms with Gasteiger partial charge in [-0.25, -0.2) is 0 Å². The minimum atomic E-state index is 0. The Morgan fingerprint density at radius 3 is 1.81 bits per heavy atom. The van der Waals surface area contributed by atoms with Crippen LogP contribution in [0.5, 0.6) is 0 Å². The maximum absolute atomic E-state index is 2.38. The summed E-state index contributed by atoms with van der Waals surface area (Å²) in [5.74, 6) is 0. The van der Waals surface area contributed by atoms with E-state index >= 15 is 0 Å². The Morgan fingerprint density at radius 2 is 1.31 bits per heavy atom. The molecule has 0 fully saturated rings. The molecule has 0 aromatic heterocycles. The minimum Gasteiger partial charge on any atom is -0.0887 e. The molecule has 0 aromatic carbocycles. The van der Waals surface area contributed by atoms with E-state index in [9.17, 15) is 0 Å². The van der Waals surface area contributed by atoms with Crippen molar-refractivity contribution in [1.82, 2.24) is 0 Å². The van der Waals surface area contributed by atoms with Crippen LogP contribution in [-0.4, -0.2) is 0 Å². The predicted octanol–water partition coefficient (Wildman–Crippen LogP) is 5.42. The number of allylic oxidation sites excluding steroid dienone is 6. The van der Waals surface area contributed by atoms with Gasteiger partial charge in [0.2, 0.25) is 0 Å². The van der Waals surface area contributed by atoms with Gasteiger partial charge < -0.3 is 0 Å². The molecular weight excluding hydrogens is 288 g/mol. The van der Waals surface area contributed by atoms with Crippen LogP contribution < -0.4 is 0 Å². The predicted molar refractivity (Wildman–Crippen MR) is 71.1 cm³/mol. The standard InChI is InChI=1S/C15H26.Ag/c1-6-14(4)10-8-12-15(5)11-7-9-13(2)3;/h6,9,12H,7-8,10-11H2,1-5H3;. The molecule has 0 N–H and O–H groups in total. The summed E-state index contributed by atoms with van der Waals surface area (Å²) in [6.45, 7) is 10.9. The van der Waals surface area contributed by atoms with Crippen molar-refractivity contribution >= 4 is 0 Å². The van der Waals surface area contributed by atoms with E-state index in [0.29, 0.717) is 0 Å². The normalized spacial score (nSPS) is 12.1. The molecule has 97 valence electrons. The molecule has 0 bridgehead atoms. The Labute approximate surface area is 117 Å². The van der Waals surface area contributed by atoms with Gasteiger partial charge in [-0.1, -0.05) is 34.9 Å². The molecule has 0 rings (SSSR count). The van der Waals surface area contributed by atoms with E-state index in [2.05, 4.69) is 52.8 Å². The third kappa shape index (κ3) is 12.0. The molecule has 0 aliphatic rings. The van der Waals surface area contributed by atoms with Crippen LogP contribution in [0.25, 0.3) is 0 Å². The molecule has 0 spiro atoms. The molecule has 1 heteroatoms. The summed E-state index contributed by atoms with van der Waals surface area (Å²) in [4.78, 5) is 0. The second kappa shape index (κ2) is 11.4. The van der Waals surface area contributed by atoms with Gasteiger partial charge in [0.1, 0.15) is 0 Å². The first-order valence-corrected chi connectivity index (χ1v) is 5.97. The smallest absolute Gasteiger partial charge is 0 e. The SMILES string of the molecule is CC=C(C)CCC=C(C)CCC=C(C)C.[Ag]. The molecule has 0 nitrogen and oxygen atoms in total. The molecule has 0 saturated carbocycles. The number of hydrogen-bond donors (Lipinski definition) is 0. The van der Waals surface area contributed by atoms with Crippen molar-refractivity contribution in [2.24, 2.45) is 0 Å². The van der Waals surface area contributed by atoms with Gasteiger partial charge in [0.15, 0.2) is 0 Å². The van der Waals surface area contributed by atoms with Crippen molar-refractivity contribution in [3.8, 4) is 0 Å². The van der Waals surface area contributed by atoms with Crippen LogP contribution in [-0.2, 0) is 22.4 Å². The zero-order chi connectivity index (χ0) is 11.7. The fraction of sp³-hybridized carbons (Fsp3) is 0.600. The summed E-state index contributed by atoms with van der Waals surface area (Å²) < 4.78 is 0. The fourth-order valence-electron chi connectivity index (χ4n) is 1.38. The molecular formula is C15H26Ag. The quantitative estimate of drug-likeness (QED) is 0.453. The van der Waals surface area contributed by atoms with E-state index in [1.165, 1.54) is 42.4 Å². The third-order valence-corrected chi connectivity index (χ3v) is 2.62. The molecule has 0 atom stereocenters. The maximum atomic E-state index is 2.38. The average molecular weight is 314 g/mol. The summed E-state index contributed by atoms with van der Waals surface area (Å²) in [6, 6.07) is 0. The van der Waals surface area contributed by atoms with Crippen LogP contribution in [0.1, 0.15) is 60.3 Å². The summed E-state index contributed by atoms with van der Waals surface area (Å²) in [6.07, 6.45) is 11.7. The number of rotatable bonds is 6. The Kier molecular flexibility index (Phi) is 13.1. The number of hydrogen-bond acceptors (Lipinski definition) is 0. The van der Waals surface area contributed by atoms with E-state index in [1.54, 1.807) is 0 Å². The van der Waals surface area contributed by atoms with Crippen molar-refractivity contribution < 1.29 is 22.4 Å². The van der Waals surface area contributed by atoms with Crippen molar-refractivity contribution in [2.75, 3.05) is 0 Å². The molecule has 1 radical (unpaired) electrons. The molecule has 0 unspecified atom stereocenters. The van der Waals surface area contributed by atoms with E-state index in [4.69, 9.17) is 0 Å². The Balaban J connectivity index is 0. The van der Waals surface area contributed by atoms with Crippen LogP contribution >= 0.6 is 0 Å². The van der Waals surface area contributed by atoms with E-state index < -0.39 is 0 Å². The van der Waals surface area contributed by atoms with Gasteiger partial charge in [-0.05, 0) is 60.3 Å². The molecule has 0 amide bonds. The fourth-order valence-corrected chi connectivity index (χ4v) is 1.38. The zero-order valence-corrected chi connectivity index (χ0v) is 12.8.